The Kier molecular flexibility index (Phi) is 7.05. The fourth-order valence-electron chi connectivity index (χ4n) is 2.64. The number of halogens is 3. The molecule has 2 aromatic heterocycles. The van der Waals surface area contributed by atoms with E-state index in [-0.39, 0.29) is 30.6 Å². The van der Waals surface area contributed by atoms with E-state index in [0.717, 1.165) is 16.5 Å². The van der Waals surface area contributed by atoms with Crippen LogP contribution in [0, 0.1) is 5.82 Å². The van der Waals surface area contributed by atoms with Crippen LogP contribution in [-0.2, 0) is 6.54 Å². The SMILES string of the molecule is Cl.Cl.Fc1ccc2c(NCc3ccccc3)nc(-c3cccnc3)nc2c1. The molecule has 2 heterocycles. The van der Waals surface area contributed by atoms with Crippen LogP contribution in [0.4, 0.5) is 10.2 Å². The van der Waals surface area contributed by atoms with E-state index in [4.69, 9.17) is 0 Å². The molecule has 27 heavy (non-hydrogen) atoms. The number of nitrogens with zero attached hydrogens (tertiary/aromatic N) is 3. The molecule has 4 aromatic rings. The first kappa shape index (κ1) is 20.6. The van der Waals surface area contributed by atoms with Gasteiger partial charge in [-0.3, -0.25) is 4.98 Å². The number of benzene rings is 2. The average molecular weight is 403 g/mol. The van der Waals surface area contributed by atoms with Crippen molar-refractivity contribution in [3.05, 3.63) is 84.4 Å². The summed E-state index contributed by atoms with van der Waals surface area (Å²) in [5, 5.41) is 4.12. The second-order valence-electron chi connectivity index (χ2n) is 5.64. The van der Waals surface area contributed by atoms with E-state index >= 15 is 0 Å². The van der Waals surface area contributed by atoms with Gasteiger partial charge in [-0.25, -0.2) is 14.4 Å². The fourth-order valence-corrected chi connectivity index (χ4v) is 2.64. The summed E-state index contributed by atoms with van der Waals surface area (Å²) in [6, 6.07) is 18.3. The van der Waals surface area contributed by atoms with Crippen molar-refractivity contribution in [2.24, 2.45) is 0 Å². The molecule has 4 rings (SSSR count). The number of nitrogens with one attached hydrogen (secondary N) is 1. The lowest BCUT2D eigenvalue weighted by Crippen LogP contribution is -2.04. The second kappa shape index (κ2) is 9.26. The number of aromatic nitrogens is 3. The molecule has 1 N–H and O–H groups in total. The van der Waals surface area contributed by atoms with Gasteiger partial charge in [0.15, 0.2) is 5.82 Å². The highest BCUT2D eigenvalue weighted by atomic mass is 35.5. The Morgan fingerprint density at radius 3 is 2.44 bits per heavy atom. The zero-order valence-electron chi connectivity index (χ0n) is 14.2. The van der Waals surface area contributed by atoms with E-state index in [2.05, 4.69) is 20.3 Å². The smallest absolute Gasteiger partial charge is 0.163 e. The molecule has 0 spiro atoms. The third-order valence-electron chi connectivity index (χ3n) is 3.88. The lowest BCUT2D eigenvalue weighted by atomic mass is 10.2. The van der Waals surface area contributed by atoms with Crippen LogP contribution in [0.15, 0.2) is 73.1 Å². The minimum Gasteiger partial charge on any atom is -0.365 e. The first-order valence-electron chi connectivity index (χ1n) is 7.95. The van der Waals surface area contributed by atoms with Gasteiger partial charge in [0.1, 0.15) is 11.6 Å². The normalized spacial score (nSPS) is 9.96. The van der Waals surface area contributed by atoms with E-state index in [1.807, 2.05) is 42.5 Å². The van der Waals surface area contributed by atoms with Crippen LogP contribution in [0.3, 0.4) is 0 Å². The maximum absolute atomic E-state index is 13.7. The van der Waals surface area contributed by atoms with Gasteiger partial charge in [0.05, 0.1) is 5.52 Å². The molecular formula is C20H17Cl2FN4. The van der Waals surface area contributed by atoms with Crippen LogP contribution >= 0.6 is 24.8 Å². The molecule has 0 radical (unpaired) electrons. The third-order valence-corrected chi connectivity index (χ3v) is 3.88. The summed E-state index contributed by atoms with van der Waals surface area (Å²) in [4.78, 5) is 13.2. The summed E-state index contributed by atoms with van der Waals surface area (Å²) in [6.07, 6.45) is 3.39. The summed E-state index contributed by atoms with van der Waals surface area (Å²) in [7, 11) is 0. The second-order valence-corrected chi connectivity index (χ2v) is 5.64. The predicted octanol–water partition coefficient (Wildman–Crippen LogP) is 5.29. The maximum Gasteiger partial charge on any atom is 0.163 e. The Morgan fingerprint density at radius 2 is 1.70 bits per heavy atom. The van der Waals surface area contributed by atoms with Crippen molar-refractivity contribution in [2.45, 2.75) is 6.54 Å². The van der Waals surface area contributed by atoms with Gasteiger partial charge in [-0.05, 0) is 29.8 Å². The molecule has 4 nitrogen and oxygen atoms in total. The predicted molar refractivity (Wildman–Crippen MR) is 111 cm³/mol. The molecule has 0 fully saturated rings. The van der Waals surface area contributed by atoms with Crippen molar-refractivity contribution >= 4 is 41.5 Å². The van der Waals surface area contributed by atoms with Crippen LogP contribution in [0.2, 0.25) is 0 Å². The number of pyridine rings is 1. The van der Waals surface area contributed by atoms with E-state index in [0.29, 0.717) is 23.7 Å². The standard InChI is InChI=1S/C20H15FN4.2ClH/c21-16-8-9-17-18(11-16)24-19(15-7-4-10-22-13-15)25-20(17)23-12-14-5-2-1-3-6-14;;/h1-11,13H,12H2,(H,23,24,25);2*1H. The summed E-state index contributed by atoms with van der Waals surface area (Å²) < 4.78 is 13.7. The quantitative estimate of drug-likeness (QED) is 0.503. The molecule has 7 heteroatoms. The summed E-state index contributed by atoms with van der Waals surface area (Å²) in [5.41, 5.74) is 2.49. The van der Waals surface area contributed by atoms with Crippen LogP contribution in [0.1, 0.15) is 5.56 Å². The summed E-state index contributed by atoms with van der Waals surface area (Å²) in [5.74, 6) is 0.867. The van der Waals surface area contributed by atoms with Crippen LogP contribution in [-0.4, -0.2) is 15.0 Å². The minimum absolute atomic E-state index is 0. The highest BCUT2D eigenvalue weighted by Crippen LogP contribution is 2.25. The molecular weight excluding hydrogens is 386 g/mol. The van der Waals surface area contributed by atoms with Crippen LogP contribution < -0.4 is 5.32 Å². The van der Waals surface area contributed by atoms with E-state index in [9.17, 15) is 4.39 Å². The van der Waals surface area contributed by atoms with Gasteiger partial charge < -0.3 is 5.32 Å². The topological polar surface area (TPSA) is 50.7 Å². The Morgan fingerprint density at radius 1 is 0.889 bits per heavy atom. The van der Waals surface area contributed by atoms with Gasteiger partial charge in [-0.1, -0.05) is 30.3 Å². The van der Waals surface area contributed by atoms with Crippen molar-refractivity contribution in [3.8, 4) is 11.4 Å². The molecule has 0 amide bonds. The van der Waals surface area contributed by atoms with Crippen molar-refractivity contribution < 1.29 is 4.39 Å². The molecule has 0 aliphatic rings. The highest BCUT2D eigenvalue weighted by Gasteiger charge is 2.10. The molecule has 0 saturated heterocycles. The van der Waals surface area contributed by atoms with Crippen molar-refractivity contribution in [2.75, 3.05) is 5.32 Å². The zero-order chi connectivity index (χ0) is 17.1. The van der Waals surface area contributed by atoms with Gasteiger partial charge >= 0.3 is 0 Å². The van der Waals surface area contributed by atoms with Gasteiger partial charge in [0.2, 0.25) is 0 Å². The number of rotatable bonds is 4. The molecule has 138 valence electrons. The first-order valence-corrected chi connectivity index (χ1v) is 7.95. The molecule has 0 aliphatic carbocycles. The molecule has 0 unspecified atom stereocenters. The summed E-state index contributed by atoms with van der Waals surface area (Å²) in [6.45, 7) is 0.622. The molecule has 0 saturated carbocycles. The number of anilines is 1. The van der Waals surface area contributed by atoms with Gasteiger partial charge in [-0.2, -0.15) is 0 Å². The minimum atomic E-state index is -0.322. The van der Waals surface area contributed by atoms with Crippen LogP contribution in [0.5, 0.6) is 0 Å². The van der Waals surface area contributed by atoms with E-state index in [1.54, 1.807) is 18.5 Å². The lowest BCUT2D eigenvalue weighted by Gasteiger charge is -2.11. The number of fused-ring (bicyclic) bond motifs is 1. The Bertz CT molecular complexity index is 1010. The average Bonchev–Trinajstić information content (AvgIpc) is 2.67. The monoisotopic (exact) mass is 402 g/mol. The largest absolute Gasteiger partial charge is 0.365 e. The van der Waals surface area contributed by atoms with Crippen molar-refractivity contribution in [1.82, 2.24) is 15.0 Å². The Balaban J connectivity index is 0.00000131. The van der Waals surface area contributed by atoms with E-state index < -0.39 is 0 Å². The molecule has 0 aliphatic heterocycles. The maximum atomic E-state index is 13.7. The molecule has 2 aromatic carbocycles. The van der Waals surface area contributed by atoms with Gasteiger partial charge in [-0.15, -0.1) is 24.8 Å². The van der Waals surface area contributed by atoms with Gasteiger partial charge in [0.25, 0.3) is 0 Å². The molecule has 0 atom stereocenters. The zero-order valence-corrected chi connectivity index (χ0v) is 15.8. The summed E-state index contributed by atoms with van der Waals surface area (Å²) >= 11 is 0. The number of hydrogen-bond donors (Lipinski definition) is 1. The van der Waals surface area contributed by atoms with Crippen molar-refractivity contribution in [1.29, 1.82) is 0 Å². The van der Waals surface area contributed by atoms with Crippen LogP contribution in [0.25, 0.3) is 22.3 Å². The fraction of sp³-hybridized carbons (Fsp3) is 0.0500. The Labute approximate surface area is 168 Å². The third kappa shape index (κ3) is 4.70. The highest BCUT2D eigenvalue weighted by molar-refractivity contribution is 5.90. The Hall–Kier alpha value is -2.76. The van der Waals surface area contributed by atoms with E-state index in [1.165, 1.54) is 12.1 Å². The molecule has 0 bridgehead atoms. The van der Waals surface area contributed by atoms with Crippen molar-refractivity contribution in [3.63, 3.8) is 0 Å². The first-order chi connectivity index (χ1) is 12.3. The van der Waals surface area contributed by atoms with Gasteiger partial charge in [0, 0.05) is 36.0 Å². The lowest BCUT2D eigenvalue weighted by molar-refractivity contribution is 0.629. The number of hydrogen-bond acceptors (Lipinski definition) is 4.